The van der Waals surface area contributed by atoms with Gasteiger partial charge in [0.25, 0.3) is 0 Å². The largest absolute Gasteiger partial charge is 0.371 e. The van der Waals surface area contributed by atoms with E-state index >= 15 is 0 Å². The Morgan fingerprint density at radius 3 is 2.70 bits per heavy atom. The summed E-state index contributed by atoms with van der Waals surface area (Å²) in [6, 6.07) is 10.3. The highest BCUT2D eigenvalue weighted by molar-refractivity contribution is 5.99. The summed E-state index contributed by atoms with van der Waals surface area (Å²) >= 11 is 0. The second kappa shape index (κ2) is 6.95. The second-order valence-electron chi connectivity index (χ2n) is 7.75. The smallest absolute Gasteiger partial charge is 0.139 e. The number of aromatic amines is 2. The molecule has 5 aromatic rings. The minimum absolute atomic E-state index is 0.875. The van der Waals surface area contributed by atoms with E-state index in [4.69, 9.17) is 0 Å². The molecular weight excluding hydrogens is 374 g/mol. The molecule has 0 aromatic carbocycles. The summed E-state index contributed by atoms with van der Waals surface area (Å²) in [5.74, 6) is 0. The van der Waals surface area contributed by atoms with Crippen LogP contribution in [-0.4, -0.2) is 43.2 Å². The molecule has 1 fully saturated rings. The molecular formula is C23H21N7. The molecule has 0 radical (unpaired) electrons. The van der Waals surface area contributed by atoms with Crippen LogP contribution >= 0.6 is 0 Å². The fourth-order valence-corrected chi connectivity index (χ4v) is 4.35. The van der Waals surface area contributed by atoms with Crippen molar-refractivity contribution in [2.45, 2.75) is 19.3 Å². The van der Waals surface area contributed by atoms with E-state index in [1.54, 1.807) is 6.20 Å². The Labute approximate surface area is 173 Å². The summed E-state index contributed by atoms with van der Waals surface area (Å²) in [7, 11) is 0. The van der Waals surface area contributed by atoms with E-state index in [-0.39, 0.29) is 0 Å². The highest BCUT2D eigenvalue weighted by Gasteiger charge is 2.18. The van der Waals surface area contributed by atoms with Crippen LogP contribution in [0.4, 0.5) is 5.69 Å². The van der Waals surface area contributed by atoms with Gasteiger partial charge in [0, 0.05) is 53.7 Å². The minimum Gasteiger partial charge on any atom is -0.371 e. The second-order valence-corrected chi connectivity index (χ2v) is 7.75. The molecule has 2 N–H and O–H groups in total. The van der Waals surface area contributed by atoms with Crippen molar-refractivity contribution in [3.63, 3.8) is 0 Å². The highest BCUT2D eigenvalue weighted by atomic mass is 15.1. The van der Waals surface area contributed by atoms with Crippen LogP contribution in [0.15, 0.2) is 55.1 Å². The molecule has 6 rings (SSSR count). The van der Waals surface area contributed by atoms with Crippen LogP contribution in [0, 0.1) is 0 Å². The highest BCUT2D eigenvalue weighted by Crippen LogP contribution is 2.34. The van der Waals surface area contributed by atoms with Crippen LogP contribution in [0.25, 0.3) is 44.6 Å². The Balaban J connectivity index is 1.47. The van der Waals surface area contributed by atoms with Gasteiger partial charge in [0.05, 0.1) is 23.1 Å². The molecule has 1 saturated heterocycles. The number of anilines is 1. The summed E-state index contributed by atoms with van der Waals surface area (Å²) in [5, 5.41) is 9.86. The van der Waals surface area contributed by atoms with Crippen molar-refractivity contribution in [1.82, 2.24) is 30.1 Å². The number of piperidine rings is 1. The lowest BCUT2D eigenvalue weighted by atomic mass is 10.1. The predicted octanol–water partition coefficient (Wildman–Crippen LogP) is 4.55. The molecule has 0 atom stereocenters. The third-order valence-electron chi connectivity index (χ3n) is 5.87. The average molecular weight is 395 g/mol. The zero-order valence-electron chi connectivity index (χ0n) is 16.5. The molecule has 0 unspecified atom stereocenters. The summed E-state index contributed by atoms with van der Waals surface area (Å²) in [6.45, 7) is 2.20. The van der Waals surface area contributed by atoms with Gasteiger partial charge in [-0.15, -0.1) is 0 Å². The van der Waals surface area contributed by atoms with Crippen molar-refractivity contribution in [3.8, 4) is 22.6 Å². The number of rotatable bonds is 3. The molecule has 148 valence electrons. The lowest BCUT2D eigenvalue weighted by molar-refractivity contribution is 0.579. The van der Waals surface area contributed by atoms with Gasteiger partial charge in [0.15, 0.2) is 0 Å². The van der Waals surface area contributed by atoms with Gasteiger partial charge >= 0.3 is 0 Å². The van der Waals surface area contributed by atoms with Crippen LogP contribution in [0.3, 0.4) is 0 Å². The summed E-state index contributed by atoms with van der Waals surface area (Å²) < 4.78 is 0. The Morgan fingerprint density at radius 2 is 1.83 bits per heavy atom. The summed E-state index contributed by atoms with van der Waals surface area (Å²) in [4.78, 5) is 19.3. The van der Waals surface area contributed by atoms with Gasteiger partial charge in [-0.05, 0) is 49.6 Å². The molecule has 0 bridgehead atoms. The lowest BCUT2D eigenvalue weighted by Gasteiger charge is -2.29. The van der Waals surface area contributed by atoms with Crippen LogP contribution in [0.1, 0.15) is 19.3 Å². The zero-order chi connectivity index (χ0) is 19.9. The average Bonchev–Trinajstić information content (AvgIpc) is 3.43. The van der Waals surface area contributed by atoms with E-state index in [1.807, 2.05) is 30.7 Å². The maximum absolute atomic E-state index is 4.58. The van der Waals surface area contributed by atoms with Gasteiger partial charge in [0.1, 0.15) is 11.3 Å². The van der Waals surface area contributed by atoms with Gasteiger partial charge in [-0.2, -0.15) is 5.10 Å². The number of hydrogen-bond acceptors (Lipinski definition) is 5. The van der Waals surface area contributed by atoms with E-state index in [2.05, 4.69) is 53.2 Å². The van der Waals surface area contributed by atoms with Crippen LogP contribution in [-0.2, 0) is 0 Å². The summed E-state index contributed by atoms with van der Waals surface area (Å²) in [5.41, 5.74) is 6.74. The van der Waals surface area contributed by atoms with Crippen molar-refractivity contribution < 1.29 is 0 Å². The molecule has 5 aromatic heterocycles. The van der Waals surface area contributed by atoms with Crippen molar-refractivity contribution >= 4 is 27.6 Å². The molecule has 0 saturated carbocycles. The SMILES string of the molecule is c1cncc(-c2cc3c(-c4cc5c(N6CCCCC6)ccnc5[nH]4)n[nH]c3cn2)c1. The molecule has 0 amide bonds. The quantitative estimate of drug-likeness (QED) is 0.468. The minimum atomic E-state index is 0.875. The van der Waals surface area contributed by atoms with Gasteiger partial charge in [-0.25, -0.2) is 4.98 Å². The molecule has 7 heteroatoms. The van der Waals surface area contributed by atoms with E-state index < -0.39 is 0 Å². The molecule has 1 aliphatic heterocycles. The fourth-order valence-electron chi connectivity index (χ4n) is 4.35. The van der Waals surface area contributed by atoms with E-state index in [1.165, 1.54) is 24.9 Å². The van der Waals surface area contributed by atoms with Crippen LogP contribution in [0.5, 0.6) is 0 Å². The van der Waals surface area contributed by atoms with Crippen LogP contribution < -0.4 is 4.90 Å². The molecule has 30 heavy (non-hydrogen) atoms. The first kappa shape index (κ1) is 17.1. The number of H-pyrrole nitrogens is 2. The third kappa shape index (κ3) is 2.82. The number of pyridine rings is 3. The van der Waals surface area contributed by atoms with E-state index in [9.17, 15) is 0 Å². The Hall–Kier alpha value is -3.74. The van der Waals surface area contributed by atoms with Gasteiger partial charge < -0.3 is 9.88 Å². The molecule has 1 aliphatic rings. The molecule has 0 spiro atoms. The normalized spacial score (nSPS) is 14.6. The molecule has 0 aliphatic carbocycles. The van der Waals surface area contributed by atoms with E-state index in [0.717, 1.165) is 57.7 Å². The Kier molecular flexibility index (Phi) is 3.97. The van der Waals surface area contributed by atoms with Crippen LogP contribution in [0.2, 0.25) is 0 Å². The first-order valence-corrected chi connectivity index (χ1v) is 10.3. The summed E-state index contributed by atoms with van der Waals surface area (Å²) in [6.07, 6.45) is 11.1. The van der Waals surface area contributed by atoms with Gasteiger partial charge in [-0.1, -0.05) is 0 Å². The van der Waals surface area contributed by atoms with E-state index in [0.29, 0.717) is 0 Å². The molecule has 7 nitrogen and oxygen atoms in total. The maximum atomic E-state index is 4.58. The van der Waals surface area contributed by atoms with Crippen molar-refractivity contribution in [3.05, 3.63) is 55.1 Å². The zero-order valence-corrected chi connectivity index (χ0v) is 16.5. The predicted molar refractivity (Wildman–Crippen MR) is 118 cm³/mol. The maximum Gasteiger partial charge on any atom is 0.139 e. The fraction of sp³-hybridized carbons (Fsp3) is 0.217. The van der Waals surface area contributed by atoms with Gasteiger partial charge in [0.2, 0.25) is 0 Å². The van der Waals surface area contributed by atoms with Gasteiger partial charge in [-0.3, -0.25) is 15.1 Å². The Bertz CT molecular complexity index is 1330. The number of nitrogens with one attached hydrogen (secondary N) is 2. The molecule has 6 heterocycles. The van der Waals surface area contributed by atoms with Crippen molar-refractivity contribution in [2.24, 2.45) is 0 Å². The number of aromatic nitrogens is 6. The third-order valence-corrected chi connectivity index (χ3v) is 5.87. The number of fused-ring (bicyclic) bond motifs is 2. The topological polar surface area (TPSA) is 86.4 Å². The number of nitrogens with zero attached hydrogens (tertiary/aromatic N) is 5. The van der Waals surface area contributed by atoms with Crippen molar-refractivity contribution in [1.29, 1.82) is 0 Å². The first-order valence-electron chi connectivity index (χ1n) is 10.3. The first-order chi connectivity index (χ1) is 14.9. The Morgan fingerprint density at radius 1 is 0.900 bits per heavy atom. The standard InChI is InChI=1S/C23H21N7/c1-2-9-30(10-3-1)21-6-8-25-23-17(21)12-19(27-23)22-16-11-18(15-5-4-7-24-13-15)26-14-20(16)28-29-22/h4-8,11-14H,1-3,9-10H2,(H,25,27)(H,28,29). The van der Waals surface area contributed by atoms with Crippen molar-refractivity contribution in [2.75, 3.05) is 18.0 Å². The lowest BCUT2D eigenvalue weighted by Crippen LogP contribution is -2.29. The monoisotopic (exact) mass is 395 g/mol. The number of hydrogen-bond donors (Lipinski definition) is 2.